The van der Waals surface area contributed by atoms with Crippen LogP contribution in [0.1, 0.15) is 10.4 Å². The summed E-state index contributed by atoms with van der Waals surface area (Å²) in [4.78, 5) is 14.8. The lowest BCUT2D eigenvalue weighted by Crippen LogP contribution is -2.21. The first kappa shape index (κ1) is 11.1. The molecule has 0 fully saturated rings. The van der Waals surface area contributed by atoms with Gasteiger partial charge in [0, 0.05) is 11.8 Å². The Morgan fingerprint density at radius 1 is 1.24 bits per heavy atom. The fourth-order valence-corrected chi connectivity index (χ4v) is 1.54. The van der Waals surface area contributed by atoms with Gasteiger partial charge in [-0.15, -0.1) is 0 Å². The second-order valence-corrected chi connectivity index (χ2v) is 3.42. The summed E-state index contributed by atoms with van der Waals surface area (Å²) < 4.78 is 5.19. The molecule has 4 heteroatoms. The number of ether oxygens (including phenoxy) is 1. The summed E-state index contributed by atoms with van der Waals surface area (Å²) in [5, 5.41) is 10.6. The van der Waals surface area contributed by atoms with Gasteiger partial charge in [0.2, 0.25) is 0 Å². The predicted octanol–water partition coefficient (Wildman–Crippen LogP) is 1.12. The van der Waals surface area contributed by atoms with E-state index in [0.29, 0.717) is 11.4 Å². The molecule has 1 aromatic carbocycles. The van der Waals surface area contributed by atoms with Crippen molar-refractivity contribution >= 4 is 5.97 Å². The van der Waals surface area contributed by atoms with E-state index in [1.807, 2.05) is 0 Å². The lowest BCUT2D eigenvalue weighted by Gasteiger charge is -2.08. The number of benzene rings is 1. The number of aromatic nitrogens is 1. The summed E-state index contributed by atoms with van der Waals surface area (Å²) in [6, 6.07) is 9.90. The van der Waals surface area contributed by atoms with Crippen LogP contribution in [-0.4, -0.2) is 18.1 Å². The molecule has 1 aromatic heterocycles. The first-order chi connectivity index (χ1) is 8.22. The van der Waals surface area contributed by atoms with Gasteiger partial charge in [0.1, 0.15) is 11.4 Å². The van der Waals surface area contributed by atoms with Crippen molar-refractivity contribution in [3.8, 4) is 17.0 Å². The summed E-state index contributed by atoms with van der Waals surface area (Å²) in [6.45, 7) is 0. The van der Waals surface area contributed by atoms with Crippen molar-refractivity contribution in [1.29, 1.82) is 0 Å². The average Bonchev–Trinajstić information content (AvgIpc) is 2.39. The number of hydrogen-bond donors (Lipinski definition) is 0. The Morgan fingerprint density at radius 3 is 2.53 bits per heavy atom. The number of carbonyl (C=O) groups is 1. The van der Waals surface area contributed by atoms with E-state index in [1.165, 1.54) is 12.1 Å². The Balaban J connectivity index is 2.43. The molecule has 0 unspecified atom stereocenters. The maximum absolute atomic E-state index is 10.6. The molecule has 0 aliphatic heterocycles. The van der Waals surface area contributed by atoms with Gasteiger partial charge in [0.15, 0.2) is 0 Å². The monoisotopic (exact) mass is 228 g/mol. The maximum atomic E-state index is 10.6. The highest BCUT2D eigenvalue weighted by molar-refractivity contribution is 5.86. The predicted molar refractivity (Wildman–Crippen MR) is 60.6 cm³/mol. The molecule has 0 bridgehead atoms. The number of carbonyl (C=O) groups excluding carboxylic acids is 1. The third-order valence-corrected chi connectivity index (χ3v) is 2.38. The Bertz CT molecular complexity index is 535. The maximum Gasteiger partial charge on any atom is 0.145 e. The molecule has 0 atom stereocenters. The average molecular weight is 228 g/mol. The van der Waals surface area contributed by atoms with Gasteiger partial charge in [0.05, 0.1) is 13.1 Å². The van der Waals surface area contributed by atoms with Crippen LogP contribution >= 0.6 is 0 Å². The molecule has 0 saturated heterocycles. The largest absolute Gasteiger partial charge is 0.545 e. The minimum absolute atomic E-state index is 0.142. The lowest BCUT2D eigenvalue weighted by atomic mass is 10.1. The molecule has 0 N–H and O–H groups in total. The van der Waals surface area contributed by atoms with E-state index >= 15 is 0 Å². The van der Waals surface area contributed by atoms with E-state index in [2.05, 4.69) is 4.98 Å². The number of carboxylic acid groups (broad SMARTS) is 1. The van der Waals surface area contributed by atoms with E-state index in [-0.39, 0.29) is 5.56 Å². The van der Waals surface area contributed by atoms with Gasteiger partial charge < -0.3 is 14.6 Å². The summed E-state index contributed by atoms with van der Waals surface area (Å²) in [7, 11) is 1.57. The fraction of sp³-hybridized carbons (Fsp3) is 0.0769. The molecule has 4 nitrogen and oxygen atoms in total. The molecule has 0 radical (unpaired) electrons. The Hall–Kier alpha value is -2.36. The van der Waals surface area contributed by atoms with Crippen molar-refractivity contribution in [2.45, 2.75) is 0 Å². The molecule has 2 aromatic rings. The molecule has 17 heavy (non-hydrogen) atoms. The zero-order chi connectivity index (χ0) is 12.3. The Morgan fingerprint density at radius 2 is 1.94 bits per heavy atom. The first-order valence-corrected chi connectivity index (χ1v) is 5.03. The highest BCUT2D eigenvalue weighted by Crippen LogP contribution is 2.26. The number of aromatic carboxylic acids is 1. The summed E-state index contributed by atoms with van der Waals surface area (Å²) in [5.41, 5.74) is 1.62. The molecule has 0 saturated carbocycles. The van der Waals surface area contributed by atoms with Crippen molar-refractivity contribution in [1.82, 2.24) is 4.98 Å². The topological polar surface area (TPSA) is 62.2 Å². The number of rotatable bonds is 3. The van der Waals surface area contributed by atoms with Crippen LogP contribution in [0.3, 0.4) is 0 Å². The molecule has 0 spiro atoms. The van der Waals surface area contributed by atoms with Crippen LogP contribution in [-0.2, 0) is 0 Å². The van der Waals surface area contributed by atoms with Crippen molar-refractivity contribution < 1.29 is 14.6 Å². The normalized spacial score (nSPS) is 9.94. The SMILES string of the molecule is COc1cccnc1-c1ccc(C(=O)[O-])cc1. The van der Waals surface area contributed by atoms with Crippen molar-refractivity contribution in [3.63, 3.8) is 0 Å². The lowest BCUT2D eigenvalue weighted by molar-refractivity contribution is -0.255. The number of nitrogens with zero attached hydrogens (tertiary/aromatic N) is 1. The molecular formula is C13H10NO3-. The van der Waals surface area contributed by atoms with Crippen LogP contribution in [0, 0.1) is 0 Å². The minimum atomic E-state index is -1.19. The molecule has 86 valence electrons. The third-order valence-electron chi connectivity index (χ3n) is 2.38. The van der Waals surface area contributed by atoms with Gasteiger partial charge >= 0.3 is 0 Å². The summed E-state index contributed by atoms with van der Waals surface area (Å²) in [6.07, 6.45) is 1.66. The van der Waals surface area contributed by atoms with Crippen molar-refractivity contribution in [2.75, 3.05) is 7.11 Å². The van der Waals surface area contributed by atoms with Crippen LogP contribution in [0.15, 0.2) is 42.6 Å². The molecular weight excluding hydrogens is 218 g/mol. The van der Waals surface area contributed by atoms with Crippen LogP contribution < -0.4 is 9.84 Å². The van der Waals surface area contributed by atoms with E-state index in [9.17, 15) is 9.90 Å². The second-order valence-electron chi connectivity index (χ2n) is 3.42. The molecule has 0 amide bonds. The number of carboxylic acids is 1. The van der Waals surface area contributed by atoms with E-state index in [4.69, 9.17) is 4.74 Å². The fourth-order valence-electron chi connectivity index (χ4n) is 1.54. The molecule has 2 rings (SSSR count). The van der Waals surface area contributed by atoms with Gasteiger partial charge in [-0.05, 0) is 17.7 Å². The highest BCUT2D eigenvalue weighted by atomic mass is 16.5. The van der Waals surface area contributed by atoms with Crippen molar-refractivity contribution in [2.24, 2.45) is 0 Å². The molecule has 1 heterocycles. The van der Waals surface area contributed by atoms with Gasteiger partial charge in [-0.25, -0.2) is 0 Å². The van der Waals surface area contributed by atoms with E-state index in [0.717, 1.165) is 5.56 Å². The Kier molecular flexibility index (Phi) is 3.05. The zero-order valence-electron chi connectivity index (χ0n) is 9.21. The van der Waals surface area contributed by atoms with Crippen LogP contribution in [0.2, 0.25) is 0 Å². The standard InChI is InChI=1S/C13H11NO3/c1-17-11-3-2-8-14-12(11)9-4-6-10(7-5-9)13(15)16/h2-8H,1H3,(H,15,16)/p-1. The summed E-state index contributed by atoms with van der Waals surface area (Å²) in [5.74, 6) is -0.543. The van der Waals surface area contributed by atoms with Gasteiger partial charge in [0.25, 0.3) is 0 Å². The van der Waals surface area contributed by atoms with Crippen molar-refractivity contribution in [3.05, 3.63) is 48.2 Å². The first-order valence-electron chi connectivity index (χ1n) is 5.03. The van der Waals surface area contributed by atoms with Gasteiger partial charge in [-0.1, -0.05) is 24.3 Å². The molecule has 0 aliphatic rings. The molecule has 0 aliphatic carbocycles. The zero-order valence-corrected chi connectivity index (χ0v) is 9.21. The Labute approximate surface area is 98.5 Å². The van der Waals surface area contributed by atoms with Crippen LogP contribution in [0.4, 0.5) is 0 Å². The quantitative estimate of drug-likeness (QED) is 0.789. The third kappa shape index (κ3) is 2.25. The summed E-state index contributed by atoms with van der Waals surface area (Å²) >= 11 is 0. The van der Waals surface area contributed by atoms with E-state index < -0.39 is 5.97 Å². The minimum Gasteiger partial charge on any atom is -0.545 e. The smallest absolute Gasteiger partial charge is 0.145 e. The number of methoxy groups -OCH3 is 1. The van der Waals surface area contributed by atoms with E-state index in [1.54, 1.807) is 37.6 Å². The van der Waals surface area contributed by atoms with Crippen LogP contribution in [0.25, 0.3) is 11.3 Å². The number of hydrogen-bond acceptors (Lipinski definition) is 4. The number of pyridine rings is 1. The van der Waals surface area contributed by atoms with Crippen LogP contribution in [0.5, 0.6) is 5.75 Å². The van der Waals surface area contributed by atoms with Gasteiger partial charge in [-0.3, -0.25) is 4.98 Å². The second kappa shape index (κ2) is 4.65. The highest BCUT2D eigenvalue weighted by Gasteiger charge is 2.06. The van der Waals surface area contributed by atoms with Gasteiger partial charge in [-0.2, -0.15) is 0 Å².